The molecular weight excluding hydrogens is 474 g/mol. The van der Waals surface area contributed by atoms with E-state index >= 15 is 4.79 Å². The zero-order valence-corrected chi connectivity index (χ0v) is 22.0. The Bertz CT molecular complexity index is 1330. The van der Waals surface area contributed by atoms with Crippen LogP contribution in [0.15, 0.2) is 59.5 Å². The van der Waals surface area contributed by atoms with Crippen molar-refractivity contribution in [2.24, 2.45) is 28.6 Å². The molecule has 3 atom stereocenters. The average molecular weight is 506 g/mol. The van der Waals surface area contributed by atoms with Gasteiger partial charge in [-0.15, -0.1) is 11.8 Å². The van der Waals surface area contributed by atoms with E-state index in [0.717, 1.165) is 41.0 Å². The molecule has 0 aromatic heterocycles. The molecule has 0 amide bonds. The summed E-state index contributed by atoms with van der Waals surface area (Å²) >= 11 is 1.67. The minimum atomic E-state index is -1.35. The Kier molecular flexibility index (Phi) is 5.15. The molecule has 0 radical (unpaired) electrons. The quantitative estimate of drug-likeness (QED) is 0.438. The normalized spacial score (nSPS) is 35.9. The van der Waals surface area contributed by atoms with Crippen LogP contribution in [0.3, 0.4) is 0 Å². The number of hydrogen-bond donors (Lipinski definition) is 0. The molecule has 2 aromatic rings. The smallest absolute Gasteiger partial charge is 0.176 e. The molecule has 4 nitrogen and oxygen atoms in total. The second-order valence-corrected chi connectivity index (χ2v) is 13.0. The van der Waals surface area contributed by atoms with Gasteiger partial charge in [-0.25, -0.2) is 0 Å². The number of hydrogen-bond acceptors (Lipinski definition) is 5. The fourth-order valence-corrected chi connectivity index (χ4v) is 9.55. The molecule has 2 aliphatic heterocycles. The van der Waals surface area contributed by atoms with Crippen LogP contribution in [-0.4, -0.2) is 24.1 Å². The summed E-state index contributed by atoms with van der Waals surface area (Å²) in [6.07, 6.45) is 12.8. The summed E-state index contributed by atoms with van der Waals surface area (Å²) in [5.41, 5.74) is 1.26. The molecule has 0 spiro atoms. The van der Waals surface area contributed by atoms with Crippen molar-refractivity contribution >= 4 is 29.3 Å². The maximum atomic E-state index is 15.1. The molecule has 4 aliphatic carbocycles. The Balaban J connectivity index is 1.43. The van der Waals surface area contributed by atoms with Gasteiger partial charge in [-0.1, -0.05) is 42.5 Å². The maximum absolute atomic E-state index is 15.1. The number of thioether (sulfide) groups is 1. The van der Waals surface area contributed by atoms with E-state index in [1.165, 1.54) is 19.3 Å². The highest BCUT2D eigenvalue weighted by Crippen LogP contribution is 2.63. The molecule has 37 heavy (non-hydrogen) atoms. The summed E-state index contributed by atoms with van der Waals surface area (Å²) in [6.45, 7) is 0. The highest BCUT2D eigenvalue weighted by molar-refractivity contribution is 7.98. The standard InChI is InChI=1S/C32H31N3OS/c1-37-25-9-6-24(7-10-25)28-29(30(36)31-15-20-12-21(16-31)14-22(13-20)17-31)35-26-5-3-2-4-23(26)8-11-27(35)32(28,18-33)19-34/h2-11,20-22,27-29H,12-17H2,1H3/t20?,21?,22?,27-,28-,29+,31?/m1/s1. The first-order valence-corrected chi connectivity index (χ1v) is 14.8. The van der Waals surface area contributed by atoms with E-state index in [2.05, 4.69) is 41.3 Å². The van der Waals surface area contributed by atoms with Crippen molar-refractivity contribution in [2.45, 2.75) is 61.4 Å². The number of carbonyl (C=O) groups is 1. The van der Waals surface area contributed by atoms with Gasteiger partial charge in [0.25, 0.3) is 0 Å². The summed E-state index contributed by atoms with van der Waals surface area (Å²) in [5, 5.41) is 21.4. The van der Waals surface area contributed by atoms with Crippen molar-refractivity contribution in [1.29, 1.82) is 10.5 Å². The molecule has 4 bridgehead atoms. The monoisotopic (exact) mass is 505 g/mol. The number of ketones is 1. The number of fused-ring (bicyclic) bond motifs is 3. The van der Waals surface area contributed by atoms with Crippen molar-refractivity contribution < 1.29 is 4.79 Å². The highest BCUT2D eigenvalue weighted by atomic mass is 32.2. The minimum absolute atomic E-state index is 0.285. The third-order valence-corrected chi connectivity index (χ3v) is 11.0. The van der Waals surface area contributed by atoms with Crippen LogP contribution in [0.4, 0.5) is 5.69 Å². The number of Topliss-reactive ketones (excluding diaryl/α,β-unsaturated/α-hetero) is 1. The van der Waals surface area contributed by atoms with Crippen LogP contribution in [-0.2, 0) is 4.79 Å². The van der Waals surface area contributed by atoms with Gasteiger partial charge in [0.05, 0.1) is 24.2 Å². The number of benzene rings is 2. The number of nitrogens with zero attached hydrogens (tertiary/aromatic N) is 3. The average Bonchev–Trinajstić information content (AvgIpc) is 3.23. The zero-order chi connectivity index (χ0) is 25.4. The molecule has 2 aromatic carbocycles. The molecule has 6 aliphatic rings. The number of para-hydroxylation sites is 1. The molecular formula is C32H31N3OS. The molecule has 1 saturated heterocycles. The third kappa shape index (κ3) is 3.17. The summed E-state index contributed by atoms with van der Waals surface area (Å²) in [7, 11) is 0. The van der Waals surface area contributed by atoms with Crippen molar-refractivity contribution in [3.05, 3.63) is 65.7 Å². The first kappa shape index (κ1) is 23.1. The van der Waals surface area contributed by atoms with E-state index in [9.17, 15) is 10.5 Å². The van der Waals surface area contributed by atoms with Gasteiger partial charge < -0.3 is 4.90 Å². The summed E-state index contributed by atoms with van der Waals surface area (Å²) < 4.78 is 0. The minimum Gasteiger partial charge on any atom is -0.351 e. The Labute approximate surface area is 223 Å². The summed E-state index contributed by atoms with van der Waals surface area (Å²) in [5.74, 6) is 1.72. The number of nitriles is 2. The SMILES string of the molecule is CSc1ccc([C@@H]2[C@@H](C(=O)C34CC5CC(CC(C5)C3)C4)N3c4ccccc4C=C[C@@H]3C2(C#N)C#N)cc1. The number of carbonyl (C=O) groups excluding carboxylic acids is 1. The molecule has 186 valence electrons. The number of anilines is 1. The van der Waals surface area contributed by atoms with Gasteiger partial charge in [-0.3, -0.25) is 4.79 Å². The van der Waals surface area contributed by atoms with Crippen LogP contribution in [0.1, 0.15) is 55.6 Å². The van der Waals surface area contributed by atoms with E-state index in [4.69, 9.17) is 0 Å². The van der Waals surface area contributed by atoms with Crippen LogP contribution in [0.5, 0.6) is 0 Å². The molecule has 0 N–H and O–H groups in total. The lowest BCUT2D eigenvalue weighted by Gasteiger charge is -2.57. The summed E-state index contributed by atoms with van der Waals surface area (Å²) in [4.78, 5) is 18.4. The zero-order valence-electron chi connectivity index (χ0n) is 21.1. The first-order valence-electron chi connectivity index (χ1n) is 13.6. The molecule has 2 heterocycles. The molecule has 5 fully saturated rings. The largest absolute Gasteiger partial charge is 0.351 e. The lowest BCUT2D eigenvalue weighted by Crippen LogP contribution is -2.56. The second kappa shape index (κ2) is 8.24. The molecule has 8 rings (SSSR count). The van der Waals surface area contributed by atoms with Crippen LogP contribution < -0.4 is 4.90 Å². The first-order chi connectivity index (χ1) is 18.0. The van der Waals surface area contributed by atoms with E-state index < -0.39 is 23.4 Å². The highest BCUT2D eigenvalue weighted by Gasteiger charge is 2.66. The van der Waals surface area contributed by atoms with E-state index in [1.54, 1.807) is 11.8 Å². The van der Waals surface area contributed by atoms with Gasteiger partial charge in [0.1, 0.15) is 0 Å². The van der Waals surface area contributed by atoms with Crippen LogP contribution >= 0.6 is 11.8 Å². The molecule has 5 heteroatoms. The Morgan fingerprint density at radius 2 is 1.57 bits per heavy atom. The third-order valence-electron chi connectivity index (χ3n) is 10.2. The topological polar surface area (TPSA) is 67.9 Å². The van der Waals surface area contributed by atoms with Gasteiger partial charge in [0.2, 0.25) is 0 Å². The molecule has 4 saturated carbocycles. The van der Waals surface area contributed by atoms with Crippen molar-refractivity contribution in [3.8, 4) is 12.1 Å². The fraction of sp³-hybridized carbons (Fsp3) is 0.469. The number of rotatable bonds is 4. The predicted molar refractivity (Wildman–Crippen MR) is 146 cm³/mol. The van der Waals surface area contributed by atoms with E-state index in [-0.39, 0.29) is 11.2 Å². The van der Waals surface area contributed by atoms with Crippen LogP contribution in [0.2, 0.25) is 0 Å². The van der Waals surface area contributed by atoms with Gasteiger partial charge >= 0.3 is 0 Å². The Morgan fingerprint density at radius 1 is 0.946 bits per heavy atom. The van der Waals surface area contributed by atoms with Gasteiger partial charge in [0.15, 0.2) is 11.2 Å². The lowest BCUT2D eigenvalue weighted by atomic mass is 9.47. The van der Waals surface area contributed by atoms with Crippen LogP contribution in [0.25, 0.3) is 6.08 Å². The summed E-state index contributed by atoms with van der Waals surface area (Å²) in [6, 6.07) is 20.3. The van der Waals surface area contributed by atoms with Gasteiger partial charge in [0, 0.05) is 21.9 Å². The predicted octanol–water partition coefficient (Wildman–Crippen LogP) is 6.60. The van der Waals surface area contributed by atoms with Crippen molar-refractivity contribution in [3.63, 3.8) is 0 Å². The van der Waals surface area contributed by atoms with Crippen molar-refractivity contribution in [2.75, 3.05) is 11.2 Å². The molecule has 0 unspecified atom stereocenters. The fourth-order valence-electron chi connectivity index (χ4n) is 9.15. The second-order valence-electron chi connectivity index (χ2n) is 12.1. The van der Waals surface area contributed by atoms with Gasteiger partial charge in [-0.05, 0) is 91.9 Å². The van der Waals surface area contributed by atoms with Crippen LogP contribution in [0, 0.1) is 51.2 Å². The van der Waals surface area contributed by atoms with Gasteiger partial charge in [-0.2, -0.15) is 10.5 Å². The maximum Gasteiger partial charge on any atom is 0.176 e. The van der Waals surface area contributed by atoms with Crippen molar-refractivity contribution in [1.82, 2.24) is 0 Å². The van der Waals surface area contributed by atoms with E-state index in [1.807, 2.05) is 42.7 Å². The lowest BCUT2D eigenvalue weighted by molar-refractivity contribution is -0.145. The Hall–Kier alpha value is -3.02. The van der Waals surface area contributed by atoms with E-state index in [0.29, 0.717) is 17.8 Å². The Morgan fingerprint density at radius 3 is 2.16 bits per heavy atom.